The predicted octanol–water partition coefficient (Wildman–Crippen LogP) is 4.98. The van der Waals surface area contributed by atoms with Crippen LogP contribution in [0.15, 0.2) is 48.5 Å². The van der Waals surface area contributed by atoms with Gasteiger partial charge in [0.15, 0.2) is 0 Å². The molecule has 0 saturated heterocycles. The maximum absolute atomic E-state index is 13.3. The van der Waals surface area contributed by atoms with Crippen molar-refractivity contribution < 1.29 is 14.3 Å². The van der Waals surface area contributed by atoms with Crippen molar-refractivity contribution in [1.82, 2.24) is 4.90 Å². The molecule has 1 aliphatic rings. The number of benzene rings is 2. The Morgan fingerprint density at radius 3 is 2.42 bits per heavy atom. The first-order chi connectivity index (χ1) is 15.6. The van der Waals surface area contributed by atoms with Gasteiger partial charge < -0.3 is 20.7 Å². The molecule has 178 valence electrons. The quantitative estimate of drug-likeness (QED) is 0.622. The number of amides is 2. The molecular weight excluding hydrogens is 414 g/mol. The zero-order valence-electron chi connectivity index (χ0n) is 20.3. The molecule has 0 atom stereocenters. The molecule has 1 aliphatic carbocycles. The van der Waals surface area contributed by atoms with Gasteiger partial charge in [0.2, 0.25) is 5.91 Å². The standard InChI is InChI=1S/C27H37N3O3/c1-27(2,3)17-25(31)30(23-13-11-21(28)12-14-23)18-19-7-5-9-22(15-19)29-26(32)20-8-6-10-24(16-20)33-4/h5-10,15-16,21,23H,11-14,17-18,28H2,1-4H3,(H,29,32). The molecule has 6 nitrogen and oxygen atoms in total. The first kappa shape index (κ1) is 24.8. The van der Waals surface area contributed by atoms with Crippen molar-refractivity contribution in [3.05, 3.63) is 59.7 Å². The number of anilines is 1. The Bertz CT molecular complexity index is 959. The van der Waals surface area contributed by atoms with E-state index in [2.05, 4.69) is 26.1 Å². The highest BCUT2D eigenvalue weighted by Gasteiger charge is 2.30. The second-order valence-corrected chi connectivity index (χ2v) is 10.2. The van der Waals surface area contributed by atoms with Crippen LogP contribution in [0.3, 0.4) is 0 Å². The third kappa shape index (κ3) is 7.32. The maximum Gasteiger partial charge on any atom is 0.255 e. The second-order valence-electron chi connectivity index (χ2n) is 10.2. The van der Waals surface area contributed by atoms with Gasteiger partial charge in [-0.05, 0) is 67.0 Å². The second kappa shape index (κ2) is 10.8. The predicted molar refractivity (Wildman–Crippen MR) is 132 cm³/mol. The summed E-state index contributed by atoms with van der Waals surface area (Å²) in [4.78, 5) is 28.0. The van der Waals surface area contributed by atoms with Gasteiger partial charge in [0.1, 0.15) is 5.75 Å². The van der Waals surface area contributed by atoms with Crippen LogP contribution in [0.2, 0.25) is 0 Å². The number of nitrogens with zero attached hydrogens (tertiary/aromatic N) is 1. The zero-order chi connectivity index (χ0) is 24.0. The van der Waals surface area contributed by atoms with Crippen LogP contribution in [0, 0.1) is 5.41 Å². The number of nitrogens with one attached hydrogen (secondary N) is 1. The molecule has 0 unspecified atom stereocenters. The summed E-state index contributed by atoms with van der Waals surface area (Å²) < 4.78 is 5.21. The van der Waals surface area contributed by atoms with Crippen molar-refractivity contribution in [2.24, 2.45) is 11.1 Å². The average molecular weight is 452 g/mol. The highest BCUT2D eigenvalue weighted by atomic mass is 16.5. The van der Waals surface area contributed by atoms with Crippen LogP contribution in [0.5, 0.6) is 5.75 Å². The van der Waals surface area contributed by atoms with Crippen LogP contribution in [-0.4, -0.2) is 35.9 Å². The number of hydrogen-bond acceptors (Lipinski definition) is 4. The van der Waals surface area contributed by atoms with E-state index in [1.807, 2.05) is 29.2 Å². The lowest BCUT2D eigenvalue weighted by molar-refractivity contribution is -0.137. The van der Waals surface area contributed by atoms with E-state index in [9.17, 15) is 9.59 Å². The Morgan fingerprint density at radius 2 is 1.76 bits per heavy atom. The van der Waals surface area contributed by atoms with Gasteiger partial charge in [-0.3, -0.25) is 9.59 Å². The van der Waals surface area contributed by atoms with E-state index in [-0.39, 0.29) is 29.3 Å². The molecule has 0 heterocycles. The third-order valence-electron chi connectivity index (χ3n) is 6.05. The van der Waals surface area contributed by atoms with E-state index < -0.39 is 0 Å². The van der Waals surface area contributed by atoms with Crippen molar-refractivity contribution >= 4 is 17.5 Å². The summed E-state index contributed by atoms with van der Waals surface area (Å²) in [5, 5.41) is 2.96. The lowest BCUT2D eigenvalue weighted by Gasteiger charge is -2.37. The highest BCUT2D eigenvalue weighted by Crippen LogP contribution is 2.28. The van der Waals surface area contributed by atoms with Crippen molar-refractivity contribution in [2.75, 3.05) is 12.4 Å². The fourth-order valence-corrected chi connectivity index (χ4v) is 4.30. The molecule has 2 aromatic carbocycles. The molecule has 0 bridgehead atoms. The third-order valence-corrected chi connectivity index (χ3v) is 6.05. The summed E-state index contributed by atoms with van der Waals surface area (Å²) in [6.07, 6.45) is 4.26. The topological polar surface area (TPSA) is 84.7 Å². The number of methoxy groups -OCH3 is 1. The monoisotopic (exact) mass is 451 g/mol. The average Bonchev–Trinajstić information content (AvgIpc) is 2.77. The van der Waals surface area contributed by atoms with Gasteiger partial charge in [-0.1, -0.05) is 39.0 Å². The van der Waals surface area contributed by atoms with Crippen molar-refractivity contribution in [1.29, 1.82) is 0 Å². The molecule has 1 fully saturated rings. The summed E-state index contributed by atoms with van der Waals surface area (Å²) in [5.74, 6) is 0.610. The van der Waals surface area contributed by atoms with Gasteiger partial charge in [-0.15, -0.1) is 0 Å². The first-order valence-electron chi connectivity index (χ1n) is 11.7. The molecule has 33 heavy (non-hydrogen) atoms. The normalized spacial score (nSPS) is 18.5. The van der Waals surface area contributed by atoms with Gasteiger partial charge in [0, 0.05) is 36.3 Å². The summed E-state index contributed by atoms with van der Waals surface area (Å²) in [6.45, 7) is 6.80. The molecule has 0 spiro atoms. The number of carbonyl (C=O) groups is 2. The smallest absolute Gasteiger partial charge is 0.255 e. The molecule has 3 N–H and O–H groups in total. The van der Waals surface area contributed by atoms with Crippen LogP contribution in [0.25, 0.3) is 0 Å². The van der Waals surface area contributed by atoms with Gasteiger partial charge in [0.25, 0.3) is 5.91 Å². The molecule has 2 aromatic rings. The summed E-state index contributed by atoms with van der Waals surface area (Å²) in [7, 11) is 1.58. The van der Waals surface area contributed by atoms with Crippen molar-refractivity contribution in [2.45, 2.75) is 71.5 Å². The molecular formula is C27H37N3O3. The van der Waals surface area contributed by atoms with Gasteiger partial charge >= 0.3 is 0 Å². The molecule has 2 amide bonds. The lowest BCUT2D eigenvalue weighted by atomic mass is 9.88. The SMILES string of the molecule is COc1cccc(C(=O)Nc2cccc(CN(C(=O)CC(C)(C)C)C3CCC(N)CC3)c2)c1. The zero-order valence-corrected chi connectivity index (χ0v) is 20.3. The molecule has 0 aromatic heterocycles. The Morgan fingerprint density at radius 1 is 1.06 bits per heavy atom. The van der Waals surface area contributed by atoms with Gasteiger partial charge in [-0.25, -0.2) is 0 Å². The minimum Gasteiger partial charge on any atom is -0.497 e. The minimum absolute atomic E-state index is 0.0764. The summed E-state index contributed by atoms with van der Waals surface area (Å²) >= 11 is 0. The minimum atomic E-state index is -0.201. The van der Waals surface area contributed by atoms with Crippen LogP contribution >= 0.6 is 0 Å². The van der Waals surface area contributed by atoms with E-state index in [0.29, 0.717) is 30.0 Å². The van der Waals surface area contributed by atoms with Gasteiger partial charge in [-0.2, -0.15) is 0 Å². The van der Waals surface area contributed by atoms with Crippen LogP contribution in [0.1, 0.15) is 68.8 Å². The van der Waals surface area contributed by atoms with Gasteiger partial charge in [0.05, 0.1) is 7.11 Å². The fourth-order valence-electron chi connectivity index (χ4n) is 4.30. The molecule has 1 saturated carbocycles. The Labute approximate surface area is 197 Å². The molecule has 3 rings (SSSR count). The largest absolute Gasteiger partial charge is 0.497 e. The number of hydrogen-bond donors (Lipinski definition) is 2. The number of ether oxygens (including phenoxy) is 1. The van der Waals surface area contributed by atoms with E-state index in [0.717, 1.165) is 31.2 Å². The van der Waals surface area contributed by atoms with Crippen LogP contribution < -0.4 is 15.8 Å². The van der Waals surface area contributed by atoms with Crippen LogP contribution in [0.4, 0.5) is 5.69 Å². The summed E-state index contributed by atoms with van der Waals surface area (Å²) in [6, 6.07) is 15.2. The van der Waals surface area contributed by atoms with E-state index in [1.54, 1.807) is 31.4 Å². The van der Waals surface area contributed by atoms with E-state index >= 15 is 0 Å². The Hall–Kier alpha value is -2.86. The molecule has 6 heteroatoms. The lowest BCUT2D eigenvalue weighted by Crippen LogP contribution is -2.44. The van der Waals surface area contributed by atoms with Crippen molar-refractivity contribution in [3.63, 3.8) is 0 Å². The first-order valence-corrected chi connectivity index (χ1v) is 11.7. The number of nitrogens with two attached hydrogens (primary N) is 1. The molecule has 0 radical (unpaired) electrons. The Kier molecular flexibility index (Phi) is 8.14. The highest BCUT2D eigenvalue weighted by molar-refractivity contribution is 6.04. The number of carbonyl (C=O) groups excluding carboxylic acids is 2. The van der Waals surface area contributed by atoms with E-state index in [1.165, 1.54) is 0 Å². The van der Waals surface area contributed by atoms with E-state index in [4.69, 9.17) is 10.5 Å². The fraction of sp³-hybridized carbons (Fsp3) is 0.481. The van der Waals surface area contributed by atoms with Crippen LogP contribution in [-0.2, 0) is 11.3 Å². The molecule has 0 aliphatic heterocycles. The number of rotatable bonds is 7. The maximum atomic E-state index is 13.3. The Balaban J connectivity index is 1.75. The summed E-state index contributed by atoms with van der Waals surface area (Å²) in [5.41, 5.74) is 8.26. The van der Waals surface area contributed by atoms with Crippen molar-refractivity contribution in [3.8, 4) is 5.75 Å².